The van der Waals surface area contributed by atoms with E-state index in [1.807, 2.05) is 0 Å². The highest BCUT2D eigenvalue weighted by atomic mass is 32.1. The van der Waals surface area contributed by atoms with E-state index in [4.69, 9.17) is 4.98 Å². The maximum Gasteiger partial charge on any atom is 0.433 e. The Morgan fingerprint density at radius 1 is 0.951 bits per heavy atom. The number of aliphatic hydroxyl groups is 1. The van der Waals surface area contributed by atoms with Gasteiger partial charge in [0.15, 0.2) is 0 Å². The van der Waals surface area contributed by atoms with Crippen LogP contribution in [0.4, 0.5) is 24.5 Å². The lowest BCUT2D eigenvalue weighted by Crippen LogP contribution is -2.65. The molecular weight excluding hydrogens is 812 g/mol. The summed E-state index contributed by atoms with van der Waals surface area (Å²) in [5.74, 6) is -2.02. The lowest BCUT2D eigenvalue weighted by molar-refractivity contribution is -0.141. The maximum atomic E-state index is 13.4. The van der Waals surface area contributed by atoms with Crippen molar-refractivity contribution in [3.63, 3.8) is 0 Å². The molecule has 2 saturated heterocycles. The monoisotopic (exact) mass is 857 g/mol. The molecule has 0 radical (unpaired) electrons. The largest absolute Gasteiger partial charge is 0.433 e. The second-order valence-electron chi connectivity index (χ2n) is 17.9. The molecule has 2 saturated carbocycles. The van der Waals surface area contributed by atoms with Crippen molar-refractivity contribution in [1.29, 1.82) is 0 Å². The normalized spacial score (nSPS) is 23.2. The molecule has 3 aliphatic heterocycles. The van der Waals surface area contributed by atoms with E-state index in [0.717, 1.165) is 84.8 Å². The van der Waals surface area contributed by atoms with Gasteiger partial charge >= 0.3 is 6.18 Å². The lowest BCUT2D eigenvalue weighted by atomic mass is 9.56. The van der Waals surface area contributed by atoms with Gasteiger partial charge in [0.05, 0.1) is 32.0 Å². The number of benzene rings is 2. The Kier molecular flexibility index (Phi) is 10.3. The maximum absolute atomic E-state index is 13.4. The standard InChI is InChI=1S/C44H46F3N7O6S/c1-42(2,60)27-17-31-33(18-30(27)50-37(56)29-7-4-8-34(49-29)44(45,46)47)61-39(51-31)24-9-11-25(12-10-24)53-21-43(22-53)19-23(20-43)15-16-48-28-6-3-5-26-36(28)41(59)54(40(26)58)32-13-14-35(55)52-38(32)57/h3-8,17-18,23-25,32,48,60H,9-16,19-22H2,1-2H3,(H,50,56)(H,52,55,57)/t24?,25?,32-/m1/s1. The molecular formula is C44H46F3N7O6S. The molecule has 4 aromatic rings. The Bertz CT molecular complexity index is 2460. The van der Waals surface area contributed by atoms with Gasteiger partial charge in [-0.15, -0.1) is 11.3 Å². The smallest absolute Gasteiger partial charge is 0.386 e. The topological polar surface area (TPSA) is 174 Å². The summed E-state index contributed by atoms with van der Waals surface area (Å²) in [6.07, 6.45) is 2.86. The number of amides is 5. The summed E-state index contributed by atoms with van der Waals surface area (Å²) in [6.45, 7) is 6.00. The van der Waals surface area contributed by atoms with Gasteiger partial charge in [-0.3, -0.25) is 39.1 Å². The van der Waals surface area contributed by atoms with Crippen LogP contribution in [-0.2, 0) is 21.4 Å². The molecule has 320 valence electrons. The quantitative estimate of drug-likeness (QED) is 0.124. The number of piperidine rings is 1. The fraction of sp³-hybridized carbons (Fsp3) is 0.477. The van der Waals surface area contributed by atoms with E-state index in [0.29, 0.717) is 40.7 Å². The average molecular weight is 858 g/mol. The Hall–Kier alpha value is -5.26. The van der Waals surface area contributed by atoms with Crippen LogP contribution in [0, 0.1) is 11.3 Å². The molecule has 2 aromatic carbocycles. The molecule has 5 heterocycles. The van der Waals surface area contributed by atoms with Gasteiger partial charge in [0.25, 0.3) is 17.7 Å². The summed E-state index contributed by atoms with van der Waals surface area (Å²) >= 11 is 1.54. The molecule has 17 heteroatoms. The number of nitrogens with one attached hydrogen (secondary N) is 3. The van der Waals surface area contributed by atoms with Crippen LogP contribution in [0.3, 0.4) is 0 Å². The highest BCUT2D eigenvalue weighted by Gasteiger charge is 2.53. The number of nitrogens with zero attached hydrogens (tertiary/aromatic N) is 4. The minimum atomic E-state index is -4.69. The number of pyridine rings is 1. The molecule has 9 rings (SSSR count). The van der Waals surface area contributed by atoms with Gasteiger partial charge in [-0.05, 0) is 113 Å². The second-order valence-corrected chi connectivity index (χ2v) is 19.0. The molecule has 4 N–H and O–H groups in total. The minimum Gasteiger partial charge on any atom is -0.386 e. The number of fused-ring (bicyclic) bond motifs is 2. The van der Waals surface area contributed by atoms with Crippen LogP contribution in [0.5, 0.6) is 0 Å². The summed E-state index contributed by atoms with van der Waals surface area (Å²) in [7, 11) is 0. The molecule has 1 atom stereocenters. The first-order valence-electron chi connectivity index (χ1n) is 20.8. The number of carbonyl (C=O) groups is 5. The van der Waals surface area contributed by atoms with Crippen LogP contribution >= 0.6 is 11.3 Å². The summed E-state index contributed by atoms with van der Waals surface area (Å²) in [6, 6.07) is 11.3. The third-order valence-electron chi connectivity index (χ3n) is 13.1. The van der Waals surface area contributed by atoms with Crippen molar-refractivity contribution in [1.82, 2.24) is 25.1 Å². The van der Waals surface area contributed by atoms with Crippen LogP contribution < -0.4 is 16.0 Å². The van der Waals surface area contributed by atoms with Gasteiger partial charge in [-0.1, -0.05) is 12.1 Å². The third kappa shape index (κ3) is 7.80. The van der Waals surface area contributed by atoms with E-state index in [1.54, 1.807) is 44.2 Å². The van der Waals surface area contributed by atoms with E-state index in [9.17, 15) is 42.3 Å². The molecule has 5 amide bonds. The average Bonchev–Trinajstić information content (AvgIpc) is 3.71. The number of anilines is 2. The highest BCUT2D eigenvalue weighted by Crippen LogP contribution is 2.55. The van der Waals surface area contributed by atoms with Crippen LogP contribution in [-0.4, -0.2) is 86.1 Å². The second kappa shape index (κ2) is 15.3. The Labute approximate surface area is 353 Å². The van der Waals surface area contributed by atoms with Crippen molar-refractivity contribution < 1.29 is 42.3 Å². The first-order valence-corrected chi connectivity index (χ1v) is 21.6. The number of alkyl halides is 3. The number of hydrogen-bond donors (Lipinski definition) is 4. The number of rotatable bonds is 10. The molecule has 0 unspecified atom stereocenters. The van der Waals surface area contributed by atoms with Crippen LogP contribution in [0.25, 0.3) is 10.2 Å². The Morgan fingerprint density at radius 3 is 2.39 bits per heavy atom. The molecule has 1 spiro atoms. The van der Waals surface area contributed by atoms with E-state index in [2.05, 4.69) is 25.8 Å². The Balaban J connectivity index is 0.755. The molecule has 5 aliphatic rings. The fourth-order valence-electron chi connectivity index (χ4n) is 10.1. The molecule has 4 fully saturated rings. The van der Waals surface area contributed by atoms with Crippen LogP contribution in [0.2, 0.25) is 0 Å². The fourth-order valence-corrected chi connectivity index (χ4v) is 11.3. The van der Waals surface area contributed by atoms with Crippen LogP contribution in [0.1, 0.15) is 125 Å². The SMILES string of the molecule is CC(C)(O)c1cc2nc(C3CCC(N4CC5(CC(CCNc6cccc7c6C(=O)N([C@@H]6CCC(=O)NC6=O)C7=O)C5)C4)CC3)sc2cc1NC(=O)c1cccc(C(F)(F)F)n1. The van der Waals surface area contributed by atoms with Gasteiger partial charge in [0, 0.05) is 55.0 Å². The minimum absolute atomic E-state index is 0.0727. The van der Waals surface area contributed by atoms with Gasteiger partial charge in [0.2, 0.25) is 11.8 Å². The summed E-state index contributed by atoms with van der Waals surface area (Å²) < 4.78 is 40.6. The summed E-state index contributed by atoms with van der Waals surface area (Å²) in [5, 5.41) is 20.3. The zero-order chi connectivity index (χ0) is 43.0. The Morgan fingerprint density at radius 2 is 1.69 bits per heavy atom. The van der Waals surface area contributed by atoms with Gasteiger partial charge in [-0.25, -0.2) is 9.97 Å². The highest BCUT2D eigenvalue weighted by molar-refractivity contribution is 7.18. The predicted molar refractivity (Wildman–Crippen MR) is 220 cm³/mol. The van der Waals surface area contributed by atoms with Crippen molar-refractivity contribution in [2.75, 3.05) is 30.3 Å². The lowest BCUT2D eigenvalue weighted by Gasteiger charge is -2.62. The summed E-state index contributed by atoms with van der Waals surface area (Å²) in [5.41, 5.74) is -0.0469. The number of aromatic nitrogens is 2. The number of thiazole rings is 1. The molecule has 0 bridgehead atoms. The van der Waals surface area contributed by atoms with Gasteiger partial charge in [-0.2, -0.15) is 13.2 Å². The zero-order valence-electron chi connectivity index (χ0n) is 33.7. The number of imide groups is 2. The van der Waals surface area contributed by atoms with Crippen molar-refractivity contribution in [2.45, 2.75) is 101 Å². The zero-order valence-corrected chi connectivity index (χ0v) is 34.5. The van der Waals surface area contributed by atoms with E-state index in [-0.39, 0.29) is 41.3 Å². The van der Waals surface area contributed by atoms with Crippen molar-refractivity contribution in [3.8, 4) is 0 Å². The molecule has 61 heavy (non-hydrogen) atoms. The van der Waals surface area contributed by atoms with E-state index in [1.165, 1.54) is 17.4 Å². The van der Waals surface area contributed by atoms with Gasteiger partial charge in [0.1, 0.15) is 17.4 Å². The van der Waals surface area contributed by atoms with Gasteiger partial charge < -0.3 is 15.7 Å². The van der Waals surface area contributed by atoms with E-state index < -0.39 is 53.0 Å². The molecule has 2 aliphatic carbocycles. The van der Waals surface area contributed by atoms with Crippen LogP contribution in [0.15, 0.2) is 48.5 Å². The van der Waals surface area contributed by atoms with Crippen molar-refractivity contribution in [3.05, 3.63) is 81.6 Å². The first kappa shape index (κ1) is 41.1. The van der Waals surface area contributed by atoms with E-state index >= 15 is 0 Å². The van der Waals surface area contributed by atoms with Crippen molar-refractivity contribution >= 4 is 62.5 Å². The third-order valence-corrected chi connectivity index (χ3v) is 14.3. The number of likely N-dealkylation sites (tertiary alicyclic amines) is 1. The number of halogens is 3. The molecule has 13 nitrogen and oxygen atoms in total. The number of hydrogen-bond acceptors (Lipinski definition) is 11. The first-order chi connectivity index (χ1) is 29.0. The predicted octanol–water partition coefficient (Wildman–Crippen LogP) is 6.83. The molecule has 2 aromatic heterocycles. The summed E-state index contributed by atoms with van der Waals surface area (Å²) in [4.78, 5) is 75.9. The number of carbonyl (C=O) groups excluding carboxylic acids is 5. The van der Waals surface area contributed by atoms with Crippen molar-refractivity contribution in [2.24, 2.45) is 11.3 Å².